The summed E-state index contributed by atoms with van der Waals surface area (Å²) in [6.07, 6.45) is -0.114. The average Bonchev–Trinajstić information content (AvgIpc) is 3.23. The van der Waals surface area contributed by atoms with E-state index in [1.165, 1.54) is 0 Å². The van der Waals surface area contributed by atoms with Gasteiger partial charge in [-0.3, -0.25) is 19.3 Å². The second-order valence-electron chi connectivity index (χ2n) is 7.48. The van der Waals surface area contributed by atoms with Crippen LogP contribution < -0.4 is 9.64 Å². The van der Waals surface area contributed by atoms with Crippen molar-refractivity contribution in [1.82, 2.24) is 0 Å². The second-order valence-corrected chi connectivity index (χ2v) is 8.77. The van der Waals surface area contributed by atoms with Crippen LogP contribution in [0.5, 0.6) is 5.75 Å². The van der Waals surface area contributed by atoms with Gasteiger partial charge in [-0.2, -0.15) is 0 Å². The quantitative estimate of drug-likeness (QED) is 0.294. The number of hydrogen-bond acceptors (Lipinski definition) is 4. The lowest BCUT2D eigenvalue weighted by molar-refractivity contribution is -0.141. The first-order valence-corrected chi connectivity index (χ1v) is 10.8. The van der Waals surface area contributed by atoms with E-state index in [2.05, 4.69) is 15.9 Å². The third-order valence-corrected chi connectivity index (χ3v) is 6.77. The monoisotopic (exact) mass is 495 g/mol. The fraction of sp³-hybridized carbons (Fsp3) is 0.125. The zero-order valence-corrected chi connectivity index (χ0v) is 18.4. The van der Waals surface area contributed by atoms with Gasteiger partial charge in [-0.25, -0.2) is 0 Å². The van der Waals surface area contributed by atoms with Crippen LogP contribution in [0, 0.1) is 5.92 Å². The highest BCUT2D eigenvalue weighted by atomic mass is 79.9. The summed E-state index contributed by atoms with van der Waals surface area (Å²) < 4.78 is 6.29. The molecule has 0 aromatic heterocycles. The Morgan fingerprint density at radius 1 is 0.935 bits per heavy atom. The molecule has 1 fully saturated rings. The van der Waals surface area contributed by atoms with Crippen LogP contribution in [0.4, 0.5) is 5.69 Å². The van der Waals surface area contributed by atoms with Crippen LogP contribution in [0.3, 0.4) is 0 Å². The lowest BCUT2D eigenvalue weighted by Crippen LogP contribution is -2.46. The van der Waals surface area contributed by atoms with E-state index in [4.69, 9.17) is 16.3 Å². The molecule has 0 saturated carbocycles. The summed E-state index contributed by atoms with van der Waals surface area (Å²) in [5.74, 6) is -1.95. The maximum atomic E-state index is 13.7. The molecule has 2 aliphatic rings. The molecule has 3 aromatic rings. The summed E-state index contributed by atoms with van der Waals surface area (Å²) in [5.41, 5.74) is 0.183. The Kier molecular flexibility index (Phi) is 4.72. The minimum Gasteiger partial charge on any atom is -0.424 e. The SMILES string of the molecule is O=C1C[C@@H]([C@@]2(c3ccccc3)C(=O)Oc3c(Br)cccc32)C(=O)N1c1ccc(Cl)cc1. The van der Waals surface area contributed by atoms with Gasteiger partial charge in [-0.05, 0) is 51.8 Å². The van der Waals surface area contributed by atoms with Gasteiger partial charge >= 0.3 is 5.97 Å². The number of ether oxygens (including phenoxy) is 1. The van der Waals surface area contributed by atoms with Crippen LogP contribution in [0.2, 0.25) is 5.02 Å². The van der Waals surface area contributed by atoms with Crippen molar-refractivity contribution in [1.29, 1.82) is 0 Å². The minimum atomic E-state index is -1.42. The molecule has 5 rings (SSSR count). The highest BCUT2D eigenvalue weighted by Crippen LogP contribution is 2.54. The van der Waals surface area contributed by atoms with Crippen molar-refractivity contribution >= 4 is 51.0 Å². The van der Waals surface area contributed by atoms with Gasteiger partial charge in [-0.1, -0.05) is 54.1 Å². The van der Waals surface area contributed by atoms with Crippen LogP contribution in [0.1, 0.15) is 17.5 Å². The molecule has 2 amide bonds. The first-order valence-electron chi connectivity index (χ1n) is 9.63. The molecule has 31 heavy (non-hydrogen) atoms. The summed E-state index contributed by atoms with van der Waals surface area (Å²) in [6.45, 7) is 0. The lowest BCUT2D eigenvalue weighted by atomic mass is 9.66. The van der Waals surface area contributed by atoms with Crippen molar-refractivity contribution in [3.05, 3.63) is 93.4 Å². The molecular weight excluding hydrogens is 482 g/mol. The van der Waals surface area contributed by atoms with E-state index in [0.717, 1.165) is 4.90 Å². The van der Waals surface area contributed by atoms with Crippen LogP contribution in [-0.2, 0) is 19.8 Å². The van der Waals surface area contributed by atoms with E-state index in [1.807, 2.05) is 6.07 Å². The number of esters is 1. The normalized spacial score (nSPS) is 22.6. The molecule has 3 aromatic carbocycles. The van der Waals surface area contributed by atoms with Gasteiger partial charge < -0.3 is 4.74 Å². The Morgan fingerprint density at radius 3 is 2.35 bits per heavy atom. The van der Waals surface area contributed by atoms with E-state index in [0.29, 0.717) is 32.1 Å². The molecule has 5 nitrogen and oxygen atoms in total. The van der Waals surface area contributed by atoms with E-state index >= 15 is 0 Å². The zero-order chi connectivity index (χ0) is 21.8. The molecule has 2 atom stereocenters. The molecule has 1 saturated heterocycles. The smallest absolute Gasteiger partial charge is 0.327 e. The fourth-order valence-electron chi connectivity index (χ4n) is 4.54. The Balaban J connectivity index is 1.71. The van der Waals surface area contributed by atoms with Gasteiger partial charge in [-0.15, -0.1) is 0 Å². The predicted octanol–water partition coefficient (Wildman–Crippen LogP) is 4.89. The molecule has 0 radical (unpaired) electrons. The van der Waals surface area contributed by atoms with E-state index in [-0.39, 0.29) is 12.3 Å². The van der Waals surface area contributed by atoms with Gasteiger partial charge in [0, 0.05) is 17.0 Å². The van der Waals surface area contributed by atoms with Crippen LogP contribution in [0.15, 0.2) is 77.3 Å². The minimum absolute atomic E-state index is 0.114. The second kappa shape index (κ2) is 7.32. The molecule has 2 aliphatic heterocycles. The van der Waals surface area contributed by atoms with Gasteiger partial charge in [0.25, 0.3) is 0 Å². The Bertz CT molecular complexity index is 1230. The number of rotatable bonds is 3. The summed E-state index contributed by atoms with van der Waals surface area (Å²) in [6, 6.07) is 20.8. The molecule has 0 unspecified atom stereocenters. The third-order valence-electron chi connectivity index (χ3n) is 5.89. The Morgan fingerprint density at radius 2 is 1.65 bits per heavy atom. The Labute approximate surface area is 191 Å². The molecule has 0 spiro atoms. The molecule has 0 bridgehead atoms. The molecular formula is C24H15BrClNO4. The van der Waals surface area contributed by atoms with Crippen molar-refractivity contribution in [3.63, 3.8) is 0 Å². The molecule has 7 heteroatoms. The first kappa shape index (κ1) is 20.0. The van der Waals surface area contributed by atoms with Crippen molar-refractivity contribution in [2.45, 2.75) is 11.8 Å². The summed E-state index contributed by atoms with van der Waals surface area (Å²) in [7, 11) is 0. The number of anilines is 1. The zero-order valence-electron chi connectivity index (χ0n) is 16.0. The number of amides is 2. The Hall–Kier alpha value is -2.96. The number of carbonyl (C=O) groups excluding carboxylic acids is 3. The number of fused-ring (bicyclic) bond motifs is 1. The molecule has 2 heterocycles. The van der Waals surface area contributed by atoms with Crippen molar-refractivity contribution in [3.8, 4) is 5.75 Å². The number of benzene rings is 3. The highest BCUT2D eigenvalue weighted by Gasteiger charge is 2.62. The van der Waals surface area contributed by atoms with Gasteiger partial charge in [0.1, 0.15) is 11.2 Å². The number of carbonyl (C=O) groups is 3. The molecule has 0 N–H and O–H groups in total. The average molecular weight is 497 g/mol. The first-order chi connectivity index (χ1) is 14.9. The number of para-hydroxylation sites is 1. The van der Waals surface area contributed by atoms with E-state index in [1.54, 1.807) is 66.7 Å². The summed E-state index contributed by atoms with van der Waals surface area (Å²) >= 11 is 9.40. The lowest BCUT2D eigenvalue weighted by Gasteiger charge is -2.31. The van der Waals surface area contributed by atoms with Crippen LogP contribution >= 0.6 is 27.5 Å². The topological polar surface area (TPSA) is 63.7 Å². The number of halogens is 2. The van der Waals surface area contributed by atoms with Gasteiger partial charge in [0.05, 0.1) is 16.1 Å². The van der Waals surface area contributed by atoms with Crippen molar-refractivity contribution in [2.24, 2.45) is 5.92 Å². The van der Waals surface area contributed by atoms with Gasteiger partial charge in [0.2, 0.25) is 11.8 Å². The maximum absolute atomic E-state index is 13.7. The summed E-state index contributed by atoms with van der Waals surface area (Å²) in [4.78, 5) is 41.3. The third kappa shape index (κ3) is 2.86. The molecule has 0 aliphatic carbocycles. The number of imide groups is 1. The van der Waals surface area contributed by atoms with E-state index in [9.17, 15) is 14.4 Å². The van der Waals surface area contributed by atoms with Crippen molar-refractivity contribution in [2.75, 3.05) is 4.90 Å². The standard InChI is InChI=1S/C24H15BrClNO4/c25-19-8-4-7-17-21(19)31-23(30)24(17,14-5-2-1-3-6-14)18-13-20(28)27(22(18)29)16-11-9-15(26)10-12-16/h1-12,18H,13H2/t18-,24+/m1/s1. The molecule has 154 valence electrons. The van der Waals surface area contributed by atoms with Gasteiger partial charge in [0.15, 0.2) is 0 Å². The number of nitrogens with zero attached hydrogens (tertiary/aromatic N) is 1. The summed E-state index contributed by atoms with van der Waals surface area (Å²) in [5, 5.41) is 0.498. The fourth-order valence-corrected chi connectivity index (χ4v) is 5.12. The predicted molar refractivity (Wildman–Crippen MR) is 119 cm³/mol. The van der Waals surface area contributed by atoms with E-state index < -0.39 is 23.2 Å². The van der Waals surface area contributed by atoms with Crippen molar-refractivity contribution < 1.29 is 19.1 Å². The number of hydrogen-bond donors (Lipinski definition) is 0. The largest absolute Gasteiger partial charge is 0.424 e. The van der Waals surface area contributed by atoms with Crippen LogP contribution in [0.25, 0.3) is 0 Å². The highest BCUT2D eigenvalue weighted by molar-refractivity contribution is 9.10. The maximum Gasteiger partial charge on any atom is 0.327 e. The van der Waals surface area contributed by atoms with Crippen LogP contribution in [-0.4, -0.2) is 17.8 Å².